The molecule has 0 unspecified atom stereocenters. The van der Waals surface area contributed by atoms with Gasteiger partial charge in [0.1, 0.15) is 6.04 Å². The minimum atomic E-state index is 0.726. The third kappa shape index (κ3) is 1.89. The first-order valence-electron chi connectivity index (χ1n) is 4.88. The van der Waals surface area contributed by atoms with Crippen LogP contribution in [-0.2, 0) is 0 Å². The number of benzene rings is 1. The van der Waals surface area contributed by atoms with E-state index in [1.54, 1.807) is 0 Å². The molecule has 0 spiro atoms. The summed E-state index contributed by atoms with van der Waals surface area (Å²) < 4.78 is 0. The first-order valence-corrected chi connectivity index (χ1v) is 6.10. The van der Waals surface area contributed by atoms with Crippen LogP contribution in [0, 0.1) is 0 Å². The van der Waals surface area contributed by atoms with E-state index in [-0.39, 0.29) is 0 Å². The molecule has 13 heavy (non-hydrogen) atoms. The molecule has 1 aliphatic heterocycles. The van der Waals surface area contributed by atoms with Gasteiger partial charge in [-0.3, -0.25) is 0 Å². The van der Waals surface area contributed by atoms with Crippen LogP contribution in [0.15, 0.2) is 29.2 Å². The van der Waals surface area contributed by atoms with Gasteiger partial charge in [-0.1, -0.05) is 18.2 Å². The summed E-state index contributed by atoms with van der Waals surface area (Å²) in [6.45, 7) is 1.30. The molecule has 0 aromatic heterocycles. The molecule has 2 heteroatoms. The van der Waals surface area contributed by atoms with E-state index in [4.69, 9.17) is 0 Å². The molecule has 1 aromatic rings. The first-order chi connectivity index (χ1) is 6.42. The van der Waals surface area contributed by atoms with Crippen molar-refractivity contribution < 1.29 is 5.32 Å². The quantitative estimate of drug-likeness (QED) is 0.710. The maximum atomic E-state index is 2.47. The lowest BCUT2D eigenvalue weighted by Crippen LogP contribution is -2.81. The van der Waals surface area contributed by atoms with E-state index >= 15 is 0 Å². The maximum absolute atomic E-state index is 2.47. The number of rotatable bonds is 2. The number of nitrogens with two attached hydrogens (primary N) is 1. The summed E-state index contributed by atoms with van der Waals surface area (Å²) >= 11 is 1.86. The highest BCUT2D eigenvalue weighted by Gasteiger charge is 2.22. The van der Waals surface area contributed by atoms with Crippen LogP contribution in [0.4, 0.5) is 0 Å². The fourth-order valence-electron chi connectivity index (χ4n) is 2.03. The molecule has 1 aromatic carbocycles. The molecule has 0 saturated carbocycles. The molecular weight excluding hydrogens is 178 g/mol. The van der Waals surface area contributed by atoms with Crippen LogP contribution < -0.4 is 5.32 Å². The lowest BCUT2D eigenvalue weighted by molar-refractivity contribution is -0.676. The Morgan fingerprint density at radius 3 is 2.92 bits per heavy atom. The zero-order valence-electron chi connectivity index (χ0n) is 7.99. The average Bonchev–Trinajstić information content (AvgIpc) is 2.70. The van der Waals surface area contributed by atoms with E-state index < -0.39 is 0 Å². The molecule has 1 aliphatic rings. The van der Waals surface area contributed by atoms with E-state index in [0.29, 0.717) is 0 Å². The molecule has 70 valence electrons. The van der Waals surface area contributed by atoms with E-state index in [0.717, 1.165) is 6.04 Å². The fraction of sp³-hybridized carbons (Fsp3) is 0.455. The zero-order valence-corrected chi connectivity index (χ0v) is 8.81. The van der Waals surface area contributed by atoms with Crippen LogP contribution in [0.3, 0.4) is 0 Å². The Bertz CT molecular complexity index is 279. The van der Waals surface area contributed by atoms with Crippen LogP contribution in [0.5, 0.6) is 0 Å². The second kappa shape index (κ2) is 4.16. The third-order valence-corrected chi connectivity index (χ3v) is 3.52. The standard InChI is InChI=1S/C11H15NS/c1-13-11-7-3-2-5-9(11)10-6-4-8-12-10/h2-3,5,7,10,12H,4,6,8H2,1H3/p+1/t10-/m0/s1. The van der Waals surface area contributed by atoms with Gasteiger partial charge in [0.2, 0.25) is 0 Å². The summed E-state index contributed by atoms with van der Waals surface area (Å²) in [5, 5.41) is 2.47. The van der Waals surface area contributed by atoms with Gasteiger partial charge in [-0.05, 0) is 12.3 Å². The highest BCUT2D eigenvalue weighted by molar-refractivity contribution is 7.98. The summed E-state index contributed by atoms with van der Waals surface area (Å²) in [4.78, 5) is 1.45. The summed E-state index contributed by atoms with van der Waals surface area (Å²) in [6, 6.07) is 9.51. The lowest BCUT2D eigenvalue weighted by atomic mass is 10.1. The molecule has 0 aliphatic carbocycles. The van der Waals surface area contributed by atoms with Gasteiger partial charge in [-0.15, -0.1) is 11.8 Å². The SMILES string of the molecule is CSc1ccccc1[C@@H]1CCC[NH2+]1. The predicted octanol–water partition coefficient (Wildman–Crippen LogP) is 1.81. The van der Waals surface area contributed by atoms with Crippen LogP contribution in [0.25, 0.3) is 0 Å². The molecular formula is C11H16NS+. The van der Waals surface area contributed by atoms with Gasteiger partial charge >= 0.3 is 0 Å². The number of thioether (sulfide) groups is 1. The normalized spacial score (nSPS) is 22.1. The molecule has 1 saturated heterocycles. The van der Waals surface area contributed by atoms with Crippen molar-refractivity contribution in [3.05, 3.63) is 29.8 Å². The minimum absolute atomic E-state index is 0.726. The van der Waals surface area contributed by atoms with Gasteiger partial charge in [-0.25, -0.2) is 0 Å². The first kappa shape index (κ1) is 9.10. The zero-order chi connectivity index (χ0) is 9.10. The van der Waals surface area contributed by atoms with E-state index in [1.165, 1.54) is 29.8 Å². The monoisotopic (exact) mass is 194 g/mol. The van der Waals surface area contributed by atoms with Gasteiger partial charge < -0.3 is 5.32 Å². The molecule has 1 heterocycles. The predicted molar refractivity (Wildman–Crippen MR) is 57.0 cm³/mol. The van der Waals surface area contributed by atoms with E-state index in [2.05, 4.69) is 35.8 Å². The summed E-state index contributed by atoms with van der Waals surface area (Å²) in [7, 11) is 0. The smallest absolute Gasteiger partial charge is 0.113 e. The van der Waals surface area contributed by atoms with Crippen LogP contribution in [-0.4, -0.2) is 12.8 Å². The van der Waals surface area contributed by atoms with Gasteiger partial charge in [0.05, 0.1) is 6.54 Å². The Balaban J connectivity index is 2.26. The second-order valence-electron chi connectivity index (χ2n) is 3.52. The van der Waals surface area contributed by atoms with Crippen LogP contribution in [0.2, 0.25) is 0 Å². The van der Waals surface area contributed by atoms with Crippen molar-refractivity contribution in [1.29, 1.82) is 0 Å². The highest BCUT2D eigenvalue weighted by atomic mass is 32.2. The number of hydrogen-bond donors (Lipinski definition) is 1. The molecule has 0 amide bonds. The Kier molecular flexibility index (Phi) is 2.91. The Morgan fingerprint density at radius 2 is 2.23 bits per heavy atom. The molecule has 1 atom stereocenters. The molecule has 0 bridgehead atoms. The Labute approximate surface area is 83.9 Å². The maximum Gasteiger partial charge on any atom is 0.113 e. The summed E-state index contributed by atoms with van der Waals surface area (Å²) in [6.07, 6.45) is 4.87. The molecule has 2 rings (SSSR count). The van der Waals surface area contributed by atoms with Gasteiger partial charge in [-0.2, -0.15) is 0 Å². The third-order valence-electron chi connectivity index (χ3n) is 2.71. The highest BCUT2D eigenvalue weighted by Crippen LogP contribution is 2.27. The largest absolute Gasteiger partial charge is 0.340 e. The van der Waals surface area contributed by atoms with Crippen molar-refractivity contribution in [1.82, 2.24) is 0 Å². The molecule has 0 radical (unpaired) electrons. The van der Waals surface area contributed by atoms with Gasteiger partial charge in [0.25, 0.3) is 0 Å². The lowest BCUT2D eigenvalue weighted by Gasteiger charge is -2.11. The minimum Gasteiger partial charge on any atom is -0.340 e. The summed E-state index contributed by atoms with van der Waals surface area (Å²) in [5.41, 5.74) is 1.53. The number of hydrogen-bond acceptors (Lipinski definition) is 1. The van der Waals surface area contributed by atoms with Crippen molar-refractivity contribution in [2.75, 3.05) is 12.8 Å². The van der Waals surface area contributed by atoms with Crippen LogP contribution >= 0.6 is 11.8 Å². The van der Waals surface area contributed by atoms with Crippen molar-refractivity contribution in [2.24, 2.45) is 0 Å². The van der Waals surface area contributed by atoms with E-state index in [1.807, 2.05) is 11.8 Å². The molecule has 1 nitrogen and oxygen atoms in total. The topological polar surface area (TPSA) is 16.6 Å². The van der Waals surface area contributed by atoms with Gasteiger partial charge in [0, 0.05) is 23.3 Å². The van der Waals surface area contributed by atoms with Crippen molar-refractivity contribution in [2.45, 2.75) is 23.8 Å². The van der Waals surface area contributed by atoms with Crippen molar-refractivity contribution in [3.63, 3.8) is 0 Å². The summed E-state index contributed by atoms with van der Waals surface area (Å²) in [5.74, 6) is 0. The Morgan fingerprint density at radius 1 is 1.38 bits per heavy atom. The average molecular weight is 194 g/mol. The van der Waals surface area contributed by atoms with Gasteiger partial charge in [0.15, 0.2) is 0 Å². The van der Waals surface area contributed by atoms with Crippen molar-refractivity contribution >= 4 is 11.8 Å². The fourth-order valence-corrected chi connectivity index (χ4v) is 2.70. The molecule has 2 N–H and O–H groups in total. The van der Waals surface area contributed by atoms with Crippen molar-refractivity contribution in [3.8, 4) is 0 Å². The van der Waals surface area contributed by atoms with E-state index in [9.17, 15) is 0 Å². The Hall–Kier alpha value is -0.470. The second-order valence-corrected chi connectivity index (χ2v) is 4.36. The number of quaternary nitrogens is 1. The van der Waals surface area contributed by atoms with Crippen LogP contribution in [0.1, 0.15) is 24.4 Å². The molecule has 1 fully saturated rings.